The normalized spacial score (nSPS) is 11.9. The van der Waals surface area contributed by atoms with Gasteiger partial charge in [0.15, 0.2) is 0 Å². The Morgan fingerprint density at radius 1 is 1.24 bits per heavy atom. The minimum Gasteiger partial charge on any atom is -0.496 e. The van der Waals surface area contributed by atoms with Crippen LogP contribution >= 0.6 is 11.8 Å². The predicted molar refractivity (Wildman–Crippen MR) is 97.2 cm³/mol. The number of hydrogen-bond acceptors (Lipinski definition) is 4. The number of carboxylic acids is 1. The molecule has 1 heterocycles. The molecule has 25 heavy (non-hydrogen) atoms. The standard InChI is InChI=1S/C19H18N2O3S/c1-24-17-5-3-2-4-16(17)18(12-21-11-10-20-13-21)25-15-8-6-14(7-9-15)19(22)23/h2-11,13,18H,12H2,1H3,(H,22,23). The van der Waals surface area contributed by atoms with E-state index >= 15 is 0 Å². The highest BCUT2D eigenvalue weighted by atomic mass is 32.2. The molecule has 1 atom stereocenters. The van der Waals surface area contributed by atoms with E-state index in [1.807, 2.05) is 41.1 Å². The molecule has 0 spiro atoms. The number of aromatic nitrogens is 2. The lowest BCUT2D eigenvalue weighted by molar-refractivity contribution is 0.0697. The molecule has 0 radical (unpaired) electrons. The molecule has 1 aromatic heterocycles. The molecule has 0 saturated heterocycles. The molecule has 1 unspecified atom stereocenters. The van der Waals surface area contributed by atoms with Crippen LogP contribution in [-0.2, 0) is 6.54 Å². The summed E-state index contributed by atoms with van der Waals surface area (Å²) in [6.07, 6.45) is 5.47. The van der Waals surface area contributed by atoms with Crippen molar-refractivity contribution < 1.29 is 14.6 Å². The van der Waals surface area contributed by atoms with Crippen LogP contribution in [0.2, 0.25) is 0 Å². The van der Waals surface area contributed by atoms with E-state index in [4.69, 9.17) is 9.84 Å². The number of carboxylic acid groups (broad SMARTS) is 1. The summed E-state index contributed by atoms with van der Waals surface area (Å²) < 4.78 is 7.54. The van der Waals surface area contributed by atoms with Crippen molar-refractivity contribution >= 4 is 17.7 Å². The zero-order valence-corrected chi connectivity index (χ0v) is 14.5. The van der Waals surface area contributed by atoms with Gasteiger partial charge in [0.05, 0.1) is 24.3 Å². The van der Waals surface area contributed by atoms with Crippen LogP contribution in [0.15, 0.2) is 72.1 Å². The first-order valence-corrected chi connectivity index (χ1v) is 8.64. The number of thioether (sulfide) groups is 1. The smallest absolute Gasteiger partial charge is 0.335 e. The van der Waals surface area contributed by atoms with Gasteiger partial charge in [-0.05, 0) is 30.3 Å². The highest BCUT2D eigenvalue weighted by molar-refractivity contribution is 7.99. The number of rotatable bonds is 7. The Balaban J connectivity index is 1.89. The molecule has 2 aromatic carbocycles. The average molecular weight is 354 g/mol. The molecule has 3 aromatic rings. The second kappa shape index (κ2) is 7.90. The van der Waals surface area contributed by atoms with Crippen LogP contribution in [0.25, 0.3) is 0 Å². The molecular weight excluding hydrogens is 336 g/mol. The summed E-state index contributed by atoms with van der Waals surface area (Å²) in [6, 6.07) is 14.9. The topological polar surface area (TPSA) is 64.4 Å². The van der Waals surface area contributed by atoms with Gasteiger partial charge in [-0.3, -0.25) is 0 Å². The number of aromatic carboxylic acids is 1. The number of carbonyl (C=O) groups is 1. The van der Waals surface area contributed by atoms with Gasteiger partial charge in [0.25, 0.3) is 0 Å². The third kappa shape index (κ3) is 4.22. The summed E-state index contributed by atoms with van der Waals surface area (Å²) in [7, 11) is 1.67. The van der Waals surface area contributed by atoms with Gasteiger partial charge in [0.1, 0.15) is 5.75 Å². The van der Waals surface area contributed by atoms with Crippen molar-refractivity contribution in [3.05, 3.63) is 78.4 Å². The first kappa shape index (κ1) is 17.1. The molecule has 0 amide bonds. The largest absolute Gasteiger partial charge is 0.496 e. The third-order valence-corrected chi connectivity index (χ3v) is 5.03. The van der Waals surface area contributed by atoms with E-state index in [-0.39, 0.29) is 10.8 Å². The molecule has 0 saturated carbocycles. The van der Waals surface area contributed by atoms with E-state index in [1.54, 1.807) is 43.5 Å². The van der Waals surface area contributed by atoms with E-state index in [0.29, 0.717) is 0 Å². The Hall–Kier alpha value is -2.73. The lowest BCUT2D eigenvalue weighted by Crippen LogP contribution is -2.06. The monoisotopic (exact) mass is 354 g/mol. The van der Waals surface area contributed by atoms with Crippen LogP contribution in [0.4, 0.5) is 0 Å². The number of para-hydroxylation sites is 1. The number of nitrogens with zero attached hydrogens (tertiary/aromatic N) is 2. The van der Waals surface area contributed by atoms with Gasteiger partial charge >= 0.3 is 5.97 Å². The van der Waals surface area contributed by atoms with E-state index in [9.17, 15) is 4.79 Å². The van der Waals surface area contributed by atoms with Crippen LogP contribution in [-0.4, -0.2) is 27.7 Å². The number of benzene rings is 2. The Morgan fingerprint density at radius 3 is 2.64 bits per heavy atom. The first-order valence-electron chi connectivity index (χ1n) is 7.76. The SMILES string of the molecule is COc1ccccc1C(Cn1ccnc1)Sc1ccc(C(=O)O)cc1. The minimum absolute atomic E-state index is 0.0982. The minimum atomic E-state index is -0.920. The van der Waals surface area contributed by atoms with E-state index in [1.165, 1.54) is 0 Å². The third-order valence-electron chi connectivity index (χ3n) is 3.80. The van der Waals surface area contributed by atoms with E-state index in [0.717, 1.165) is 22.8 Å². The predicted octanol–water partition coefficient (Wildman–Crippen LogP) is 4.12. The van der Waals surface area contributed by atoms with Crippen molar-refractivity contribution in [2.24, 2.45) is 0 Å². The van der Waals surface area contributed by atoms with Crippen molar-refractivity contribution in [3.8, 4) is 5.75 Å². The molecule has 6 heteroatoms. The Kier molecular flexibility index (Phi) is 5.40. The van der Waals surface area contributed by atoms with Gasteiger partial charge in [-0.2, -0.15) is 0 Å². The molecule has 0 aliphatic heterocycles. The highest BCUT2D eigenvalue weighted by Gasteiger charge is 2.18. The fraction of sp³-hybridized carbons (Fsp3) is 0.158. The maximum Gasteiger partial charge on any atom is 0.335 e. The van der Waals surface area contributed by atoms with Crippen molar-refractivity contribution in [2.75, 3.05) is 7.11 Å². The number of methoxy groups -OCH3 is 1. The fourth-order valence-corrected chi connectivity index (χ4v) is 3.75. The molecule has 1 N–H and O–H groups in total. The summed E-state index contributed by atoms with van der Waals surface area (Å²) in [4.78, 5) is 16.1. The molecule has 0 fully saturated rings. The Bertz CT molecular complexity index is 832. The molecule has 0 aliphatic carbocycles. The molecule has 5 nitrogen and oxygen atoms in total. The average Bonchev–Trinajstić information content (AvgIpc) is 3.14. The van der Waals surface area contributed by atoms with Gasteiger partial charge < -0.3 is 14.4 Å². The van der Waals surface area contributed by atoms with Gasteiger partial charge in [0.2, 0.25) is 0 Å². The van der Waals surface area contributed by atoms with E-state index < -0.39 is 5.97 Å². The summed E-state index contributed by atoms with van der Waals surface area (Å²) in [5, 5.41) is 9.14. The van der Waals surface area contributed by atoms with Gasteiger partial charge in [-0.15, -0.1) is 11.8 Å². The summed E-state index contributed by atoms with van der Waals surface area (Å²) in [6.45, 7) is 0.728. The zero-order valence-electron chi connectivity index (χ0n) is 13.7. The Labute approximate surface area is 150 Å². The molecule has 0 bridgehead atoms. The number of hydrogen-bond donors (Lipinski definition) is 1. The lowest BCUT2D eigenvalue weighted by Gasteiger charge is -2.20. The van der Waals surface area contributed by atoms with Gasteiger partial charge in [0, 0.05) is 29.4 Å². The fourth-order valence-electron chi connectivity index (χ4n) is 2.56. The second-order valence-corrected chi connectivity index (χ2v) is 6.71. The van der Waals surface area contributed by atoms with Gasteiger partial charge in [-0.1, -0.05) is 18.2 Å². The first-order chi connectivity index (χ1) is 12.2. The van der Waals surface area contributed by atoms with Crippen LogP contribution < -0.4 is 4.74 Å². The maximum atomic E-state index is 11.0. The molecule has 3 rings (SSSR count). The van der Waals surface area contributed by atoms with Crippen LogP contribution in [0.5, 0.6) is 5.75 Å². The number of imidazole rings is 1. The van der Waals surface area contributed by atoms with Gasteiger partial charge in [-0.25, -0.2) is 9.78 Å². The second-order valence-electron chi connectivity index (χ2n) is 5.44. The Morgan fingerprint density at radius 2 is 2.00 bits per heavy atom. The lowest BCUT2D eigenvalue weighted by atomic mass is 10.1. The summed E-state index contributed by atoms with van der Waals surface area (Å²) in [5.41, 5.74) is 1.37. The van der Waals surface area contributed by atoms with E-state index in [2.05, 4.69) is 11.1 Å². The zero-order chi connectivity index (χ0) is 17.6. The van der Waals surface area contributed by atoms with Crippen molar-refractivity contribution in [3.63, 3.8) is 0 Å². The summed E-state index contributed by atoms with van der Waals surface area (Å²) >= 11 is 1.67. The molecular formula is C19H18N2O3S. The number of ether oxygens (including phenoxy) is 1. The van der Waals surface area contributed by atoms with Crippen LogP contribution in [0.3, 0.4) is 0 Å². The van der Waals surface area contributed by atoms with Crippen LogP contribution in [0.1, 0.15) is 21.2 Å². The quantitative estimate of drug-likeness (QED) is 0.647. The molecule has 0 aliphatic rings. The highest BCUT2D eigenvalue weighted by Crippen LogP contribution is 2.40. The van der Waals surface area contributed by atoms with Crippen molar-refractivity contribution in [1.82, 2.24) is 9.55 Å². The molecule has 128 valence electrons. The van der Waals surface area contributed by atoms with Crippen molar-refractivity contribution in [2.45, 2.75) is 16.7 Å². The van der Waals surface area contributed by atoms with Crippen molar-refractivity contribution in [1.29, 1.82) is 0 Å². The maximum absolute atomic E-state index is 11.0. The summed E-state index contributed by atoms with van der Waals surface area (Å²) in [5.74, 6) is -0.0847. The van der Waals surface area contributed by atoms with Crippen LogP contribution in [0, 0.1) is 0 Å².